The van der Waals surface area contributed by atoms with Crippen molar-refractivity contribution in [2.24, 2.45) is 0 Å². The molecule has 1 amide bonds. The standard InChI is InChI=1S/C18H22N4O3/c1-12(23)14-6-5-7-15(10-14)25-13(2)18(24)19-11-17-21-20-16-8-3-4-9-22(16)17/h5-7,10,13H,3-4,8-9,11H2,1-2H3,(H,19,24)/t13-/m1/s1. The molecule has 0 radical (unpaired) electrons. The third-order valence-corrected chi connectivity index (χ3v) is 4.28. The molecule has 0 unspecified atom stereocenters. The van der Waals surface area contributed by atoms with E-state index in [-0.39, 0.29) is 11.7 Å². The minimum atomic E-state index is -0.675. The molecular weight excluding hydrogens is 320 g/mol. The van der Waals surface area contributed by atoms with E-state index in [1.54, 1.807) is 31.2 Å². The molecule has 25 heavy (non-hydrogen) atoms. The number of fused-ring (bicyclic) bond motifs is 1. The van der Waals surface area contributed by atoms with Crippen LogP contribution in [-0.4, -0.2) is 32.6 Å². The van der Waals surface area contributed by atoms with Gasteiger partial charge >= 0.3 is 0 Å². The van der Waals surface area contributed by atoms with E-state index in [0.29, 0.717) is 17.9 Å². The number of aromatic nitrogens is 3. The van der Waals surface area contributed by atoms with Crippen molar-refractivity contribution in [2.75, 3.05) is 0 Å². The summed E-state index contributed by atoms with van der Waals surface area (Å²) >= 11 is 0. The van der Waals surface area contributed by atoms with Crippen LogP contribution in [0.1, 0.15) is 48.7 Å². The molecule has 7 nitrogen and oxygen atoms in total. The van der Waals surface area contributed by atoms with Gasteiger partial charge in [-0.05, 0) is 38.8 Å². The van der Waals surface area contributed by atoms with E-state index < -0.39 is 6.10 Å². The molecular formula is C18H22N4O3. The minimum absolute atomic E-state index is 0.0425. The first kappa shape index (κ1) is 17.1. The maximum atomic E-state index is 12.3. The van der Waals surface area contributed by atoms with Crippen LogP contribution in [0.25, 0.3) is 0 Å². The number of carbonyl (C=O) groups excluding carboxylic acids is 2. The van der Waals surface area contributed by atoms with E-state index in [9.17, 15) is 9.59 Å². The number of hydrogen-bond acceptors (Lipinski definition) is 5. The summed E-state index contributed by atoms with van der Waals surface area (Å²) in [6.07, 6.45) is 2.51. The maximum Gasteiger partial charge on any atom is 0.261 e. The van der Waals surface area contributed by atoms with E-state index in [4.69, 9.17) is 4.74 Å². The highest BCUT2D eigenvalue weighted by molar-refractivity contribution is 5.94. The fraction of sp³-hybridized carbons (Fsp3) is 0.444. The smallest absolute Gasteiger partial charge is 0.261 e. The number of hydrogen-bond donors (Lipinski definition) is 1. The van der Waals surface area contributed by atoms with Crippen LogP contribution >= 0.6 is 0 Å². The third-order valence-electron chi connectivity index (χ3n) is 4.28. The maximum absolute atomic E-state index is 12.3. The van der Waals surface area contributed by atoms with Gasteiger partial charge in [0, 0.05) is 18.5 Å². The highest BCUT2D eigenvalue weighted by Gasteiger charge is 2.19. The van der Waals surface area contributed by atoms with Gasteiger partial charge in [0.25, 0.3) is 5.91 Å². The van der Waals surface area contributed by atoms with Gasteiger partial charge in [-0.15, -0.1) is 10.2 Å². The Labute approximate surface area is 146 Å². The molecule has 132 valence electrons. The van der Waals surface area contributed by atoms with Crippen molar-refractivity contribution in [1.82, 2.24) is 20.1 Å². The summed E-state index contributed by atoms with van der Waals surface area (Å²) in [6, 6.07) is 6.82. The van der Waals surface area contributed by atoms with Gasteiger partial charge in [-0.2, -0.15) is 0 Å². The van der Waals surface area contributed by atoms with Crippen LogP contribution in [0.15, 0.2) is 24.3 Å². The molecule has 1 atom stereocenters. The van der Waals surface area contributed by atoms with Gasteiger partial charge in [-0.3, -0.25) is 9.59 Å². The topological polar surface area (TPSA) is 86.1 Å². The number of nitrogens with one attached hydrogen (secondary N) is 1. The second kappa shape index (κ2) is 7.46. The monoisotopic (exact) mass is 342 g/mol. The molecule has 3 rings (SSSR count). The van der Waals surface area contributed by atoms with E-state index in [1.807, 2.05) is 0 Å². The van der Waals surface area contributed by atoms with Crippen molar-refractivity contribution in [2.45, 2.75) is 52.3 Å². The first-order valence-electron chi connectivity index (χ1n) is 8.51. The average Bonchev–Trinajstić information content (AvgIpc) is 3.03. The normalized spacial score (nSPS) is 14.5. The second-order valence-electron chi connectivity index (χ2n) is 6.20. The number of Topliss-reactive ketones (excluding diaryl/α,β-unsaturated/α-hetero) is 1. The molecule has 1 N–H and O–H groups in total. The number of ether oxygens (including phenoxy) is 1. The number of benzene rings is 1. The van der Waals surface area contributed by atoms with Crippen LogP contribution in [0.4, 0.5) is 0 Å². The molecule has 1 aliphatic rings. The summed E-state index contributed by atoms with van der Waals surface area (Å²) in [5, 5.41) is 11.2. The zero-order chi connectivity index (χ0) is 17.8. The lowest BCUT2D eigenvalue weighted by atomic mass is 10.1. The van der Waals surface area contributed by atoms with Gasteiger partial charge in [0.05, 0.1) is 6.54 Å². The highest BCUT2D eigenvalue weighted by atomic mass is 16.5. The lowest BCUT2D eigenvalue weighted by Crippen LogP contribution is -2.36. The van der Waals surface area contributed by atoms with Crippen LogP contribution in [0, 0.1) is 0 Å². The Morgan fingerprint density at radius 3 is 2.96 bits per heavy atom. The van der Waals surface area contributed by atoms with E-state index >= 15 is 0 Å². The SMILES string of the molecule is CC(=O)c1cccc(O[C@H](C)C(=O)NCc2nnc3n2CCCC3)c1. The minimum Gasteiger partial charge on any atom is -0.481 e. The van der Waals surface area contributed by atoms with Gasteiger partial charge in [0.15, 0.2) is 17.7 Å². The zero-order valence-corrected chi connectivity index (χ0v) is 14.5. The van der Waals surface area contributed by atoms with Gasteiger partial charge in [0.1, 0.15) is 11.6 Å². The van der Waals surface area contributed by atoms with Crippen molar-refractivity contribution in [3.05, 3.63) is 41.5 Å². The molecule has 1 aliphatic heterocycles. The number of amides is 1. The largest absolute Gasteiger partial charge is 0.481 e. The molecule has 0 saturated heterocycles. The molecule has 0 saturated carbocycles. The Morgan fingerprint density at radius 2 is 2.16 bits per heavy atom. The molecule has 0 aliphatic carbocycles. The van der Waals surface area contributed by atoms with Crippen LogP contribution in [0.5, 0.6) is 5.75 Å². The second-order valence-corrected chi connectivity index (χ2v) is 6.20. The Balaban J connectivity index is 1.57. The van der Waals surface area contributed by atoms with Gasteiger partial charge in [-0.1, -0.05) is 12.1 Å². The Morgan fingerprint density at radius 1 is 1.32 bits per heavy atom. The van der Waals surface area contributed by atoms with E-state index in [0.717, 1.165) is 37.5 Å². The Kier molecular flexibility index (Phi) is 5.11. The van der Waals surface area contributed by atoms with Gasteiger partial charge in [-0.25, -0.2) is 0 Å². The fourth-order valence-electron chi connectivity index (χ4n) is 2.86. The molecule has 0 bridgehead atoms. The molecule has 2 aromatic rings. The van der Waals surface area contributed by atoms with Crippen molar-refractivity contribution < 1.29 is 14.3 Å². The molecule has 0 fully saturated rings. The van der Waals surface area contributed by atoms with Crippen molar-refractivity contribution in [1.29, 1.82) is 0 Å². The first-order valence-corrected chi connectivity index (χ1v) is 8.51. The molecule has 2 heterocycles. The quantitative estimate of drug-likeness (QED) is 0.810. The first-order chi connectivity index (χ1) is 12.0. The van der Waals surface area contributed by atoms with Crippen LogP contribution in [-0.2, 0) is 24.3 Å². The average molecular weight is 342 g/mol. The molecule has 1 aromatic heterocycles. The van der Waals surface area contributed by atoms with Crippen LogP contribution in [0.3, 0.4) is 0 Å². The summed E-state index contributed by atoms with van der Waals surface area (Å²) in [5.74, 6) is 1.98. The number of rotatable bonds is 6. The Bertz CT molecular complexity index is 784. The summed E-state index contributed by atoms with van der Waals surface area (Å²) in [6.45, 7) is 4.40. The fourth-order valence-corrected chi connectivity index (χ4v) is 2.86. The highest BCUT2D eigenvalue weighted by Crippen LogP contribution is 2.16. The lowest BCUT2D eigenvalue weighted by Gasteiger charge is -2.17. The summed E-state index contributed by atoms with van der Waals surface area (Å²) < 4.78 is 7.72. The van der Waals surface area contributed by atoms with Gasteiger partial charge in [0.2, 0.25) is 0 Å². The zero-order valence-electron chi connectivity index (χ0n) is 14.5. The molecule has 0 spiro atoms. The summed E-state index contributed by atoms with van der Waals surface area (Å²) in [4.78, 5) is 23.7. The van der Waals surface area contributed by atoms with Crippen molar-refractivity contribution in [3.8, 4) is 5.75 Å². The van der Waals surface area contributed by atoms with Crippen molar-refractivity contribution in [3.63, 3.8) is 0 Å². The molecule has 1 aromatic carbocycles. The summed E-state index contributed by atoms with van der Waals surface area (Å²) in [7, 11) is 0. The number of carbonyl (C=O) groups is 2. The predicted octanol–water partition coefficient (Wildman–Crippen LogP) is 1.90. The summed E-state index contributed by atoms with van der Waals surface area (Å²) in [5.41, 5.74) is 0.556. The predicted molar refractivity (Wildman–Crippen MR) is 91.3 cm³/mol. The number of ketones is 1. The lowest BCUT2D eigenvalue weighted by molar-refractivity contribution is -0.127. The number of aryl methyl sites for hydroxylation is 1. The number of nitrogens with zero attached hydrogens (tertiary/aromatic N) is 3. The van der Waals surface area contributed by atoms with E-state index in [2.05, 4.69) is 20.1 Å². The molecule has 7 heteroatoms. The third kappa shape index (κ3) is 4.04. The van der Waals surface area contributed by atoms with Crippen LogP contribution < -0.4 is 10.1 Å². The Hall–Kier alpha value is -2.70. The van der Waals surface area contributed by atoms with Gasteiger partial charge < -0.3 is 14.6 Å². The van der Waals surface area contributed by atoms with E-state index in [1.165, 1.54) is 6.92 Å². The van der Waals surface area contributed by atoms with Crippen LogP contribution in [0.2, 0.25) is 0 Å². The van der Waals surface area contributed by atoms with Crippen molar-refractivity contribution >= 4 is 11.7 Å².